The first-order chi connectivity index (χ1) is 8.89. The van der Waals surface area contributed by atoms with Crippen LogP contribution in [0.3, 0.4) is 0 Å². The summed E-state index contributed by atoms with van der Waals surface area (Å²) in [4.78, 5) is 11.5. The molecule has 1 saturated carbocycles. The highest BCUT2D eigenvalue weighted by molar-refractivity contribution is 7.90. The van der Waals surface area contributed by atoms with Crippen molar-refractivity contribution in [2.75, 3.05) is 6.26 Å². The molecule has 0 aliphatic heterocycles. The summed E-state index contributed by atoms with van der Waals surface area (Å²) in [6.07, 6.45) is 8.06. The molecule has 7 heteroatoms. The molecule has 1 fully saturated rings. The monoisotopic (exact) mass is 286 g/mol. The zero-order valence-electron chi connectivity index (χ0n) is 10.8. The van der Waals surface area contributed by atoms with Crippen molar-refractivity contribution in [1.82, 2.24) is 9.78 Å². The molecule has 106 valence electrons. The second-order valence-electron chi connectivity index (χ2n) is 5.08. The fourth-order valence-electron chi connectivity index (χ4n) is 2.59. The Morgan fingerprint density at radius 1 is 1.37 bits per heavy atom. The molecule has 6 nitrogen and oxygen atoms in total. The summed E-state index contributed by atoms with van der Waals surface area (Å²) >= 11 is 0. The first-order valence-corrected chi connectivity index (χ1v) is 8.26. The Balaban J connectivity index is 2.31. The minimum atomic E-state index is -3.30. The van der Waals surface area contributed by atoms with Crippen molar-refractivity contribution in [3.63, 3.8) is 0 Å². The molecule has 0 bridgehead atoms. The van der Waals surface area contributed by atoms with E-state index in [9.17, 15) is 18.3 Å². The van der Waals surface area contributed by atoms with E-state index < -0.39 is 21.7 Å². The molecular formula is C12H18N2O4S. The number of aromatic nitrogens is 2. The van der Waals surface area contributed by atoms with E-state index in [1.165, 1.54) is 17.1 Å². The molecule has 19 heavy (non-hydrogen) atoms. The maximum Gasteiger partial charge on any atom is 0.308 e. The Hall–Kier alpha value is -1.37. The van der Waals surface area contributed by atoms with Gasteiger partial charge in [0.15, 0.2) is 9.84 Å². The van der Waals surface area contributed by atoms with E-state index in [0.29, 0.717) is 6.42 Å². The summed E-state index contributed by atoms with van der Waals surface area (Å²) in [5, 5.41) is 13.4. The largest absolute Gasteiger partial charge is 0.481 e. The van der Waals surface area contributed by atoms with Crippen LogP contribution in [0.2, 0.25) is 0 Å². The summed E-state index contributed by atoms with van der Waals surface area (Å²) in [6, 6.07) is -0.254. The molecule has 1 aliphatic carbocycles. The normalized spacial score (nSPS) is 24.9. The van der Waals surface area contributed by atoms with E-state index >= 15 is 0 Å². The lowest BCUT2D eigenvalue weighted by molar-refractivity contribution is -0.143. The van der Waals surface area contributed by atoms with Crippen LogP contribution >= 0.6 is 0 Å². The van der Waals surface area contributed by atoms with Crippen LogP contribution in [0.5, 0.6) is 0 Å². The molecule has 0 radical (unpaired) electrons. The summed E-state index contributed by atoms with van der Waals surface area (Å²) in [7, 11) is -3.30. The number of hydrogen-bond donors (Lipinski definition) is 1. The predicted octanol–water partition coefficient (Wildman–Crippen LogP) is 1.49. The number of hydrogen-bond acceptors (Lipinski definition) is 4. The van der Waals surface area contributed by atoms with Crippen LogP contribution in [0.1, 0.15) is 38.1 Å². The Morgan fingerprint density at radius 2 is 2.05 bits per heavy atom. The third kappa shape index (κ3) is 3.15. The van der Waals surface area contributed by atoms with Crippen LogP contribution < -0.4 is 0 Å². The predicted molar refractivity (Wildman–Crippen MR) is 68.6 cm³/mol. The lowest BCUT2D eigenvalue weighted by Crippen LogP contribution is -2.26. The number of rotatable bonds is 3. The van der Waals surface area contributed by atoms with Gasteiger partial charge in [-0.15, -0.1) is 0 Å². The van der Waals surface area contributed by atoms with Crippen molar-refractivity contribution >= 4 is 15.8 Å². The van der Waals surface area contributed by atoms with Gasteiger partial charge in [0.1, 0.15) is 4.90 Å². The van der Waals surface area contributed by atoms with Gasteiger partial charge in [-0.1, -0.05) is 19.3 Å². The van der Waals surface area contributed by atoms with Crippen molar-refractivity contribution in [3.05, 3.63) is 12.4 Å². The number of nitrogens with zero attached hydrogens (tertiary/aromatic N) is 2. The number of aliphatic carboxylic acids is 1. The summed E-state index contributed by atoms with van der Waals surface area (Å²) < 4.78 is 24.4. The standard InChI is InChI=1S/C12H18N2O4S/c1-19(17,18)9-7-13-14(8-9)11-6-4-2-3-5-10(11)12(15)16/h7-8,10-11H,2-6H2,1H3,(H,15,16). The second-order valence-corrected chi connectivity index (χ2v) is 7.09. The van der Waals surface area contributed by atoms with Crippen LogP contribution in [0.25, 0.3) is 0 Å². The van der Waals surface area contributed by atoms with Crippen LogP contribution in [-0.2, 0) is 14.6 Å². The molecule has 0 aromatic carbocycles. The Kier molecular flexibility index (Phi) is 3.93. The van der Waals surface area contributed by atoms with Gasteiger partial charge in [-0.3, -0.25) is 9.48 Å². The molecule has 1 aromatic rings. The molecule has 2 rings (SSSR count). The fourth-order valence-corrected chi connectivity index (χ4v) is 3.12. The summed E-state index contributed by atoms with van der Waals surface area (Å²) in [6.45, 7) is 0. The Morgan fingerprint density at radius 3 is 2.63 bits per heavy atom. The molecule has 0 saturated heterocycles. The molecular weight excluding hydrogens is 268 g/mol. The van der Waals surface area contributed by atoms with E-state index in [2.05, 4.69) is 5.10 Å². The highest BCUT2D eigenvalue weighted by atomic mass is 32.2. The van der Waals surface area contributed by atoms with E-state index in [-0.39, 0.29) is 10.9 Å². The van der Waals surface area contributed by atoms with Crippen molar-refractivity contribution in [2.24, 2.45) is 5.92 Å². The fraction of sp³-hybridized carbons (Fsp3) is 0.667. The Bertz CT molecular complexity index is 564. The number of carboxylic acid groups (broad SMARTS) is 1. The van der Waals surface area contributed by atoms with Gasteiger partial charge in [0.25, 0.3) is 0 Å². The van der Waals surface area contributed by atoms with E-state index in [1.807, 2.05) is 0 Å². The van der Waals surface area contributed by atoms with Gasteiger partial charge in [-0.05, 0) is 12.8 Å². The zero-order chi connectivity index (χ0) is 14.0. The molecule has 2 unspecified atom stereocenters. The molecule has 0 amide bonds. The molecule has 1 aliphatic rings. The zero-order valence-corrected chi connectivity index (χ0v) is 11.6. The van der Waals surface area contributed by atoms with Gasteiger partial charge in [0.05, 0.1) is 18.2 Å². The van der Waals surface area contributed by atoms with Gasteiger partial charge < -0.3 is 5.11 Å². The third-order valence-electron chi connectivity index (χ3n) is 3.64. The lowest BCUT2D eigenvalue weighted by Gasteiger charge is -2.21. The van der Waals surface area contributed by atoms with Crippen molar-refractivity contribution in [2.45, 2.75) is 43.0 Å². The maximum atomic E-state index is 11.4. The number of sulfone groups is 1. The topological polar surface area (TPSA) is 89.3 Å². The first-order valence-electron chi connectivity index (χ1n) is 6.36. The highest BCUT2D eigenvalue weighted by Crippen LogP contribution is 2.32. The third-order valence-corrected chi connectivity index (χ3v) is 4.71. The molecule has 1 aromatic heterocycles. The Labute approximate surface area is 112 Å². The van der Waals surface area contributed by atoms with Crippen LogP contribution in [0.15, 0.2) is 17.3 Å². The van der Waals surface area contributed by atoms with Gasteiger partial charge in [-0.2, -0.15) is 5.10 Å². The molecule has 1 N–H and O–H groups in total. The maximum absolute atomic E-state index is 11.4. The van der Waals surface area contributed by atoms with Crippen LogP contribution in [-0.4, -0.2) is 35.5 Å². The van der Waals surface area contributed by atoms with E-state index in [0.717, 1.165) is 31.9 Å². The highest BCUT2D eigenvalue weighted by Gasteiger charge is 2.31. The van der Waals surface area contributed by atoms with Crippen LogP contribution in [0, 0.1) is 5.92 Å². The van der Waals surface area contributed by atoms with Gasteiger partial charge in [0.2, 0.25) is 0 Å². The molecule has 0 spiro atoms. The van der Waals surface area contributed by atoms with E-state index in [4.69, 9.17) is 0 Å². The molecule has 1 heterocycles. The SMILES string of the molecule is CS(=O)(=O)c1cnn(C2CCCCCC2C(=O)O)c1. The van der Waals surface area contributed by atoms with Crippen LogP contribution in [0.4, 0.5) is 0 Å². The van der Waals surface area contributed by atoms with Gasteiger partial charge in [-0.25, -0.2) is 8.42 Å². The molecule has 2 atom stereocenters. The minimum absolute atomic E-state index is 0.140. The van der Waals surface area contributed by atoms with Crippen molar-refractivity contribution < 1.29 is 18.3 Å². The second kappa shape index (κ2) is 5.32. The van der Waals surface area contributed by atoms with Crippen molar-refractivity contribution in [3.8, 4) is 0 Å². The summed E-state index contributed by atoms with van der Waals surface area (Å²) in [5.74, 6) is -1.32. The van der Waals surface area contributed by atoms with Crippen molar-refractivity contribution in [1.29, 1.82) is 0 Å². The number of carbonyl (C=O) groups is 1. The summed E-state index contributed by atoms with van der Waals surface area (Å²) in [5.41, 5.74) is 0. The first kappa shape index (κ1) is 14.0. The van der Waals surface area contributed by atoms with Gasteiger partial charge in [0, 0.05) is 12.5 Å². The van der Waals surface area contributed by atoms with Gasteiger partial charge >= 0.3 is 5.97 Å². The average molecular weight is 286 g/mol. The smallest absolute Gasteiger partial charge is 0.308 e. The lowest BCUT2D eigenvalue weighted by atomic mass is 9.95. The quantitative estimate of drug-likeness (QED) is 0.850. The van der Waals surface area contributed by atoms with E-state index in [1.54, 1.807) is 0 Å². The average Bonchev–Trinajstić information content (AvgIpc) is 2.67. The number of carboxylic acids is 1. The minimum Gasteiger partial charge on any atom is -0.481 e.